The fourth-order valence-electron chi connectivity index (χ4n) is 15.1. The Morgan fingerprint density at radius 2 is 0.704 bits per heavy atom. The van der Waals surface area contributed by atoms with Gasteiger partial charge in [-0.1, -0.05) is 35.9 Å². The topological polar surface area (TPSA) is 313 Å². The molecule has 32 heteroatoms. The molecule has 576 valence electrons. The predicted octanol–water partition coefficient (Wildman–Crippen LogP) is 6.07. The largest absolute Gasteiger partial charge is 0.420 e. The molecule has 30 nitrogen and oxygen atoms in total. The molecule has 18 rings (SSSR count). The highest BCUT2D eigenvalue weighted by molar-refractivity contribution is 6.31. The van der Waals surface area contributed by atoms with Crippen LogP contribution in [0.1, 0.15) is 34.6 Å². The average molecular weight is 1510 g/mol. The Balaban J connectivity index is 0.000000114. The fourth-order valence-corrected chi connectivity index (χ4v) is 15.3. The number of anilines is 6. The van der Waals surface area contributed by atoms with Gasteiger partial charge in [0.05, 0.1) is 67.2 Å². The van der Waals surface area contributed by atoms with Crippen LogP contribution in [0.2, 0.25) is 5.02 Å². The van der Waals surface area contributed by atoms with Gasteiger partial charge in [0.1, 0.15) is 5.82 Å². The number of H-pyrrole nitrogens is 1. The maximum Gasteiger partial charge on any atom is 0.420 e. The number of aromatic nitrogens is 6. The number of oxazole rings is 6. The number of nitrogens with zero attached hydrogens (tertiary/aromatic N) is 11. The zero-order chi connectivity index (χ0) is 76.0. The molecule has 6 fully saturated rings. The van der Waals surface area contributed by atoms with Crippen LogP contribution in [0.25, 0.3) is 66.6 Å². The second-order valence-corrected chi connectivity index (χ2v) is 28.5. The van der Waals surface area contributed by atoms with E-state index in [2.05, 4.69) is 89.1 Å². The Hall–Kier alpha value is -10.3. The van der Waals surface area contributed by atoms with Crippen molar-refractivity contribution in [3.63, 3.8) is 0 Å². The zero-order valence-electron chi connectivity index (χ0n) is 62.5. The summed E-state index contributed by atoms with van der Waals surface area (Å²) < 4.78 is 53.1. The van der Waals surface area contributed by atoms with Gasteiger partial charge in [-0.05, 0) is 95.3 Å². The Morgan fingerprint density at radius 3 is 1.12 bits per heavy atom. The first kappa shape index (κ1) is 75.9. The molecule has 12 heterocycles. The summed E-state index contributed by atoms with van der Waals surface area (Å²) in [4.78, 5) is 85.4. The lowest BCUT2D eigenvalue weighted by Crippen LogP contribution is -2.54. The number of hydrogen-bond donors (Lipinski definition) is 7. The van der Waals surface area contributed by atoms with Crippen molar-refractivity contribution in [2.24, 2.45) is 28.2 Å². The van der Waals surface area contributed by atoms with E-state index in [1.807, 2.05) is 90.7 Å². The minimum Gasteiger partial charge on any atom is -0.406 e. The maximum atomic E-state index is 13.6. The normalized spacial score (nSPS) is 19.2. The number of halogens is 2. The van der Waals surface area contributed by atoms with Crippen molar-refractivity contribution in [3.05, 3.63) is 171 Å². The summed E-state index contributed by atoms with van der Waals surface area (Å²) in [7, 11) is 6.73. The Morgan fingerprint density at radius 1 is 0.380 bits per heavy atom. The molecule has 6 aliphatic rings. The number of para-hydroxylation sites is 4. The average Bonchev–Trinajstić information content (AvgIpc) is 1.66. The number of nitrogens with one attached hydrogen (secondary N) is 7. The van der Waals surface area contributed by atoms with Crippen molar-refractivity contribution >= 4 is 112 Å². The molecule has 6 aliphatic heterocycles. The predicted molar refractivity (Wildman–Crippen MR) is 423 cm³/mol. The second-order valence-electron chi connectivity index (χ2n) is 28.1. The third kappa shape index (κ3) is 16.6. The molecule has 6 aromatic carbocycles. The fraction of sp³-hybridized carbons (Fsp3) is 0.447. The lowest BCUT2D eigenvalue weighted by Gasteiger charge is -2.37. The van der Waals surface area contributed by atoms with Gasteiger partial charge in [-0.15, -0.1) is 0 Å². The molecule has 0 spiro atoms. The van der Waals surface area contributed by atoms with Gasteiger partial charge in [0.2, 0.25) is 0 Å². The van der Waals surface area contributed by atoms with Gasteiger partial charge in [-0.25, -0.2) is 33.2 Å². The molecule has 6 aromatic heterocycles. The van der Waals surface area contributed by atoms with Crippen LogP contribution >= 0.6 is 11.6 Å². The molecule has 0 bridgehead atoms. The molecule has 6 saturated heterocycles. The number of benzene rings is 6. The summed E-state index contributed by atoms with van der Waals surface area (Å²) in [6, 6.07) is 31.6. The number of aromatic amines is 1. The van der Waals surface area contributed by atoms with E-state index in [9.17, 15) is 33.2 Å². The lowest BCUT2D eigenvalue weighted by atomic mass is 10.1. The lowest BCUT2D eigenvalue weighted by molar-refractivity contribution is 0.406. The number of hydrogen-bond acceptors (Lipinski definition) is 24. The molecule has 0 radical (unpaired) electrons. The van der Waals surface area contributed by atoms with E-state index in [-0.39, 0.29) is 28.8 Å². The van der Waals surface area contributed by atoms with Crippen LogP contribution in [0.5, 0.6) is 0 Å². The van der Waals surface area contributed by atoms with E-state index in [4.69, 9.17) is 38.1 Å². The van der Waals surface area contributed by atoms with Gasteiger partial charge in [0.25, 0.3) is 0 Å². The van der Waals surface area contributed by atoms with Crippen LogP contribution < -0.4 is 95.8 Å². The van der Waals surface area contributed by atoms with Crippen molar-refractivity contribution in [1.29, 1.82) is 0 Å². The van der Waals surface area contributed by atoms with Crippen LogP contribution in [0, 0.1) is 5.82 Å². The van der Waals surface area contributed by atoms with Gasteiger partial charge < -0.3 is 87.8 Å². The summed E-state index contributed by atoms with van der Waals surface area (Å²) in [6.07, 6.45) is 0. The number of piperazine rings is 6. The first-order valence-electron chi connectivity index (χ1n) is 36.9. The highest BCUT2D eigenvalue weighted by atomic mass is 35.5. The van der Waals surface area contributed by atoms with Crippen LogP contribution in [0.3, 0.4) is 0 Å². The molecule has 12 aromatic rings. The minimum atomic E-state index is -0.466. The molecular weight excluding hydrogens is 1410 g/mol. The Bertz CT molecular complexity index is 5360. The maximum absolute atomic E-state index is 13.6. The summed E-state index contributed by atoms with van der Waals surface area (Å²) >= 11 is 6.12. The molecule has 7 N–H and O–H groups in total. The van der Waals surface area contributed by atoms with E-state index in [0.717, 1.165) is 187 Å². The molecule has 4 atom stereocenters. The third-order valence-electron chi connectivity index (χ3n) is 20.3. The molecule has 0 unspecified atom stereocenters. The van der Waals surface area contributed by atoms with Gasteiger partial charge in [0.15, 0.2) is 33.5 Å². The Kier molecular flexibility index (Phi) is 23.5. The molecule has 0 saturated carbocycles. The van der Waals surface area contributed by atoms with Crippen LogP contribution in [-0.2, 0) is 34.7 Å². The van der Waals surface area contributed by atoms with Crippen LogP contribution in [-0.4, -0.2) is 183 Å². The molecule has 108 heavy (non-hydrogen) atoms. The standard InChI is InChI=1S/C14H19N3O2.2C13H17N3O2.C12H14ClN3O2.C12H14FN3O2.C12H15N3O2/c1-9-7-17(8-10(2)15-9)12-6-4-5-11-13(12)19-14(18)16(11)3;1-8-6-16(7-9(2)14-8)11-5-3-4-10-12(11)18-13(17)15-10;1-2-16-11-5-3-4-10(12(11)18-13(16)17)15-8-6-14-7-9-15;2*1-15-9-6-8(13)7-10(11(9)18-12(15)17)16-4-2-14-3-5-16;1-14-9-3-2-4-10(11(9)17-12(14)16)15-7-5-13-6-8-15/h4-6,9-10,15H,7-8H2,1-3H3;3-5,8-9,14H,6-7H2,1-2H3,(H,15,17);3-5,14H,2,6-9H2,1H3;2*6-7,14H,2-5H2,1H3;2-4,13H,5-8H2,1H3/t9-,10+;8-,9+;;;;. The van der Waals surface area contributed by atoms with Crippen LogP contribution in [0.4, 0.5) is 38.5 Å². The van der Waals surface area contributed by atoms with Crippen molar-refractivity contribution in [2.45, 2.75) is 65.3 Å². The molecule has 0 amide bonds. The summed E-state index contributed by atoms with van der Waals surface area (Å²) in [5, 5.41) is 20.8. The highest BCUT2D eigenvalue weighted by Crippen LogP contribution is 2.34. The zero-order valence-corrected chi connectivity index (χ0v) is 63.2. The van der Waals surface area contributed by atoms with E-state index < -0.39 is 11.5 Å². The SMILES string of the molecule is CCn1c(=O)oc2c(N3CCNCC3)cccc21.C[C@@H]1CN(c2cccc3[nH]c(=O)oc23)C[C@H](C)N1.C[C@@H]1CN(c2cccc3c2oc(=O)n3C)C[C@H](C)N1.Cn1c(=O)oc2c(N3CCNCC3)cc(Cl)cc21.Cn1c(=O)oc2c(N3CCNCC3)cc(F)cc21.Cn1c(=O)oc2c(N3CCNCC3)cccc21. The number of fused-ring (bicyclic) bond motifs is 6. The third-order valence-corrected chi connectivity index (χ3v) is 20.5. The summed E-state index contributed by atoms with van der Waals surface area (Å²) in [6.45, 7) is 29.4. The van der Waals surface area contributed by atoms with Crippen LogP contribution in [0.15, 0.2) is 152 Å². The van der Waals surface area contributed by atoms with Crippen molar-refractivity contribution in [2.75, 3.05) is 160 Å². The van der Waals surface area contributed by atoms with Gasteiger partial charge in [0, 0.05) is 207 Å². The van der Waals surface area contributed by atoms with E-state index in [1.54, 1.807) is 48.0 Å². The molecular formula is C76H96ClFN18O12. The number of rotatable bonds is 7. The first-order chi connectivity index (χ1) is 52.1. The Labute approximate surface area is 625 Å². The number of aryl methyl sites for hydroxylation is 5. The summed E-state index contributed by atoms with van der Waals surface area (Å²) in [5.41, 5.74) is 14.0. The first-order valence-corrected chi connectivity index (χ1v) is 37.3. The minimum absolute atomic E-state index is 0.268. The monoisotopic (exact) mass is 1510 g/mol. The summed E-state index contributed by atoms with van der Waals surface area (Å²) in [5.74, 6) is -2.45. The van der Waals surface area contributed by atoms with Crippen molar-refractivity contribution in [1.82, 2.24) is 59.7 Å². The molecule has 0 aliphatic carbocycles. The van der Waals surface area contributed by atoms with Crippen molar-refractivity contribution < 1.29 is 30.9 Å². The van der Waals surface area contributed by atoms with Gasteiger partial charge in [-0.3, -0.25) is 27.8 Å². The van der Waals surface area contributed by atoms with Crippen molar-refractivity contribution in [3.8, 4) is 0 Å². The quantitative estimate of drug-likeness (QED) is 0.0953. The second kappa shape index (κ2) is 33.5. The smallest absolute Gasteiger partial charge is 0.406 e. The van der Waals surface area contributed by atoms with E-state index in [0.29, 0.717) is 80.4 Å². The van der Waals surface area contributed by atoms with Gasteiger partial charge >= 0.3 is 34.5 Å². The highest BCUT2D eigenvalue weighted by Gasteiger charge is 2.28. The van der Waals surface area contributed by atoms with E-state index in [1.165, 1.54) is 21.3 Å². The van der Waals surface area contributed by atoms with Gasteiger partial charge in [-0.2, -0.15) is 0 Å². The van der Waals surface area contributed by atoms with E-state index >= 15 is 0 Å².